The van der Waals surface area contributed by atoms with Crippen LogP contribution in [0.5, 0.6) is 0 Å². The summed E-state index contributed by atoms with van der Waals surface area (Å²) in [5.41, 5.74) is 3.36. The fourth-order valence-electron chi connectivity index (χ4n) is 4.06. The maximum atomic E-state index is 12.8. The van der Waals surface area contributed by atoms with Gasteiger partial charge in [-0.2, -0.15) is 0 Å². The topological polar surface area (TPSA) is 88.2 Å². The first kappa shape index (κ1) is 21.0. The molecule has 7 heteroatoms. The van der Waals surface area contributed by atoms with Crippen molar-refractivity contribution in [1.29, 1.82) is 0 Å². The minimum Gasteiger partial charge on any atom is -0.469 e. The molecule has 0 amide bonds. The molecule has 3 aromatic rings. The van der Waals surface area contributed by atoms with Gasteiger partial charge in [0.05, 0.1) is 30.0 Å². The molecule has 1 unspecified atom stereocenters. The van der Waals surface area contributed by atoms with Crippen LogP contribution in [0.2, 0.25) is 0 Å². The number of nitrogens with one attached hydrogen (secondary N) is 1. The Bertz CT molecular complexity index is 1160. The van der Waals surface area contributed by atoms with Gasteiger partial charge in [0.15, 0.2) is 11.4 Å². The fourth-order valence-corrected chi connectivity index (χ4v) is 4.06. The van der Waals surface area contributed by atoms with E-state index in [1.165, 1.54) is 7.11 Å². The van der Waals surface area contributed by atoms with Crippen molar-refractivity contribution in [3.05, 3.63) is 42.2 Å². The van der Waals surface area contributed by atoms with Gasteiger partial charge in [-0.3, -0.25) is 9.59 Å². The van der Waals surface area contributed by atoms with Crippen molar-refractivity contribution in [1.82, 2.24) is 15.0 Å². The van der Waals surface area contributed by atoms with Gasteiger partial charge in [-0.25, -0.2) is 9.97 Å². The Morgan fingerprint density at radius 1 is 1.26 bits per heavy atom. The van der Waals surface area contributed by atoms with E-state index in [2.05, 4.69) is 20.9 Å². The zero-order valence-corrected chi connectivity index (χ0v) is 18.7. The van der Waals surface area contributed by atoms with Gasteiger partial charge in [0.25, 0.3) is 0 Å². The van der Waals surface area contributed by atoms with E-state index in [1.54, 1.807) is 12.4 Å². The summed E-state index contributed by atoms with van der Waals surface area (Å²) >= 11 is 0. The Labute approximate surface area is 181 Å². The van der Waals surface area contributed by atoms with Gasteiger partial charge in [0, 0.05) is 36.0 Å². The average Bonchev–Trinajstić information content (AvgIpc) is 3.36. The zero-order chi connectivity index (χ0) is 22.4. The molecule has 1 saturated heterocycles. The number of anilines is 1. The predicted molar refractivity (Wildman–Crippen MR) is 120 cm³/mol. The molecule has 1 aromatic carbocycles. The number of H-pyrrole nitrogens is 1. The van der Waals surface area contributed by atoms with Crippen molar-refractivity contribution < 1.29 is 14.3 Å². The first-order valence-electron chi connectivity index (χ1n) is 10.5. The van der Waals surface area contributed by atoms with Crippen LogP contribution < -0.4 is 4.90 Å². The van der Waals surface area contributed by atoms with E-state index in [0.29, 0.717) is 29.0 Å². The number of Topliss-reactive ketones (excluding diaryl/α,β-unsaturated/α-hetero) is 1. The first-order chi connectivity index (χ1) is 14.6. The number of rotatable bonds is 4. The van der Waals surface area contributed by atoms with Crippen LogP contribution in [-0.2, 0) is 9.53 Å². The van der Waals surface area contributed by atoms with Crippen LogP contribution in [-0.4, -0.2) is 46.9 Å². The number of esters is 1. The molecule has 0 aliphatic carbocycles. The molecule has 0 bridgehead atoms. The number of carbonyl (C=O) groups excluding carboxylic acids is 2. The van der Waals surface area contributed by atoms with Gasteiger partial charge in [-0.15, -0.1) is 0 Å². The Morgan fingerprint density at radius 3 is 2.74 bits per heavy atom. The first-order valence-corrected chi connectivity index (χ1v) is 10.5. The minimum atomic E-state index is -0.505. The smallest absolute Gasteiger partial charge is 0.313 e. The van der Waals surface area contributed by atoms with Crippen molar-refractivity contribution in [3.63, 3.8) is 0 Å². The van der Waals surface area contributed by atoms with Crippen LogP contribution in [0.4, 0.5) is 5.69 Å². The lowest BCUT2D eigenvalue weighted by Crippen LogP contribution is -2.32. The molecule has 1 fully saturated rings. The summed E-state index contributed by atoms with van der Waals surface area (Å²) in [6.45, 7) is 9.02. The van der Waals surface area contributed by atoms with Gasteiger partial charge in [0.1, 0.15) is 5.52 Å². The molecule has 31 heavy (non-hydrogen) atoms. The van der Waals surface area contributed by atoms with Gasteiger partial charge in [-0.1, -0.05) is 32.9 Å². The van der Waals surface area contributed by atoms with Crippen LogP contribution in [0.25, 0.3) is 22.4 Å². The SMILES string of the molecule is COC(=O)C1(C)CCN(c2cccc(-c3cnc4[nH]cc(C(=O)C(C)(C)C)c4n3)c2)C1. The van der Waals surface area contributed by atoms with Crippen LogP contribution in [0.3, 0.4) is 0 Å². The van der Waals surface area contributed by atoms with Gasteiger partial charge in [-0.05, 0) is 25.5 Å². The minimum absolute atomic E-state index is 0.0260. The van der Waals surface area contributed by atoms with Gasteiger partial charge >= 0.3 is 5.97 Å². The van der Waals surface area contributed by atoms with Crippen LogP contribution in [0, 0.1) is 10.8 Å². The highest BCUT2D eigenvalue weighted by Gasteiger charge is 2.41. The lowest BCUT2D eigenvalue weighted by molar-refractivity contribution is -0.150. The number of methoxy groups -OCH3 is 1. The second-order valence-corrected chi connectivity index (χ2v) is 9.51. The third-order valence-corrected chi connectivity index (χ3v) is 5.97. The highest BCUT2D eigenvalue weighted by Crippen LogP contribution is 2.35. The lowest BCUT2D eigenvalue weighted by Gasteiger charge is -2.23. The van der Waals surface area contributed by atoms with Gasteiger partial charge < -0.3 is 14.6 Å². The molecule has 3 heterocycles. The van der Waals surface area contributed by atoms with E-state index < -0.39 is 10.8 Å². The number of nitrogens with zero attached hydrogens (tertiary/aromatic N) is 3. The van der Waals surface area contributed by atoms with E-state index in [4.69, 9.17) is 9.72 Å². The third-order valence-electron chi connectivity index (χ3n) is 5.97. The number of hydrogen-bond acceptors (Lipinski definition) is 6. The third kappa shape index (κ3) is 3.80. The molecule has 0 radical (unpaired) electrons. The van der Waals surface area contributed by atoms with E-state index in [0.717, 1.165) is 24.2 Å². The van der Waals surface area contributed by atoms with Crippen LogP contribution >= 0.6 is 0 Å². The van der Waals surface area contributed by atoms with Crippen LogP contribution in [0.15, 0.2) is 36.7 Å². The summed E-state index contributed by atoms with van der Waals surface area (Å²) in [5.74, 6) is -0.149. The number of aromatic amines is 1. The Morgan fingerprint density at radius 2 is 2.03 bits per heavy atom. The van der Waals surface area contributed by atoms with E-state index in [-0.39, 0.29) is 11.8 Å². The van der Waals surface area contributed by atoms with E-state index in [1.807, 2.05) is 45.9 Å². The maximum absolute atomic E-state index is 12.8. The molecule has 7 nitrogen and oxygen atoms in total. The molecule has 0 spiro atoms. The second kappa shape index (κ2) is 7.48. The van der Waals surface area contributed by atoms with E-state index >= 15 is 0 Å². The second-order valence-electron chi connectivity index (χ2n) is 9.51. The largest absolute Gasteiger partial charge is 0.469 e. The van der Waals surface area contributed by atoms with E-state index in [9.17, 15) is 9.59 Å². The van der Waals surface area contributed by atoms with Crippen molar-refractivity contribution >= 4 is 28.6 Å². The molecule has 0 saturated carbocycles. The standard InChI is InChI=1S/C24H28N4O3/c1-23(2,3)20(29)17-12-25-21-19(17)27-18(13-26-21)15-7-6-8-16(11-15)28-10-9-24(4,14-28)22(30)31-5/h6-8,11-13H,9-10,14H2,1-5H3,(H,25,26). The number of fused-ring (bicyclic) bond motifs is 1. The number of carbonyl (C=O) groups is 2. The Hall–Kier alpha value is -3.22. The lowest BCUT2D eigenvalue weighted by atomic mass is 9.87. The fraction of sp³-hybridized carbons (Fsp3) is 0.417. The summed E-state index contributed by atoms with van der Waals surface area (Å²) in [7, 11) is 1.44. The summed E-state index contributed by atoms with van der Waals surface area (Å²) in [6, 6.07) is 8.04. The highest BCUT2D eigenvalue weighted by atomic mass is 16.5. The molecule has 2 aromatic heterocycles. The molecule has 1 N–H and O–H groups in total. The average molecular weight is 421 g/mol. The summed E-state index contributed by atoms with van der Waals surface area (Å²) in [5, 5.41) is 0. The molecule has 1 aliphatic heterocycles. The molecular weight excluding hydrogens is 392 g/mol. The number of ketones is 1. The normalized spacial score (nSPS) is 19.1. The Kier molecular flexibility index (Phi) is 5.07. The molecular formula is C24H28N4O3. The summed E-state index contributed by atoms with van der Waals surface area (Å²) < 4.78 is 4.99. The number of benzene rings is 1. The monoisotopic (exact) mass is 420 g/mol. The molecule has 1 atom stereocenters. The zero-order valence-electron chi connectivity index (χ0n) is 18.7. The summed E-state index contributed by atoms with van der Waals surface area (Å²) in [6.07, 6.45) is 4.15. The Balaban J connectivity index is 1.67. The quantitative estimate of drug-likeness (QED) is 0.502. The number of aromatic nitrogens is 3. The molecule has 1 aliphatic rings. The van der Waals surface area contributed by atoms with Crippen LogP contribution in [0.1, 0.15) is 44.5 Å². The van der Waals surface area contributed by atoms with Crippen molar-refractivity contribution in [2.75, 3.05) is 25.1 Å². The number of hydrogen-bond donors (Lipinski definition) is 1. The summed E-state index contributed by atoms with van der Waals surface area (Å²) in [4.78, 5) is 39.5. The van der Waals surface area contributed by atoms with Gasteiger partial charge in [0.2, 0.25) is 0 Å². The predicted octanol–water partition coefficient (Wildman–Crippen LogP) is 4.24. The van der Waals surface area contributed by atoms with Crippen molar-refractivity contribution in [2.45, 2.75) is 34.1 Å². The number of ether oxygens (including phenoxy) is 1. The molecule has 4 rings (SSSR count). The molecule has 162 valence electrons. The maximum Gasteiger partial charge on any atom is 0.313 e. The van der Waals surface area contributed by atoms with Crippen molar-refractivity contribution in [2.24, 2.45) is 10.8 Å². The highest BCUT2D eigenvalue weighted by molar-refractivity contribution is 6.08. The van der Waals surface area contributed by atoms with Crippen molar-refractivity contribution in [3.8, 4) is 11.3 Å².